The first kappa shape index (κ1) is 20.3. The zero-order chi connectivity index (χ0) is 20.8. The van der Waals surface area contributed by atoms with Crippen molar-refractivity contribution in [3.05, 3.63) is 69.8 Å². The van der Waals surface area contributed by atoms with Crippen LogP contribution in [0, 0.1) is 10.1 Å². The van der Waals surface area contributed by atoms with Gasteiger partial charge in [-0.15, -0.1) is 0 Å². The number of hydrogen-bond acceptors (Lipinski definition) is 6. The highest BCUT2D eigenvalue weighted by atomic mass is 16.6. The monoisotopic (exact) mass is 398 g/mol. The first-order chi connectivity index (χ1) is 13.9. The highest BCUT2D eigenvalue weighted by molar-refractivity contribution is 5.95. The molecule has 0 radical (unpaired) electrons. The van der Waals surface area contributed by atoms with E-state index >= 15 is 0 Å². The van der Waals surface area contributed by atoms with Gasteiger partial charge in [0, 0.05) is 44.4 Å². The number of phenolic OH excluding ortho intramolecular Hbond substituents is 1. The van der Waals surface area contributed by atoms with E-state index in [9.17, 15) is 24.8 Å². The minimum absolute atomic E-state index is 0.0751. The van der Waals surface area contributed by atoms with Crippen molar-refractivity contribution < 1.29 is 19.6 Å². The molecule has 2 aromatic carbocycles. The highest BCUT2D eigenvalue weighted by Gasteiger charge is 2.25. The molecule has 29 heavy (non-hydrogen) atoms. The highest BCUT2D eigenvalue weighted by Crippen LogP contribution is 2.26. The molecule has 0 atom stereocenters. The second-order valence-corrected chi connectivity index (χ2v) is 6.79. The summed E-state index contributed by atoms with van der Waals surface area (Å²) in [5.74, 6) is -0.910. The van der Waals surface area contributed by atoms with E-state index in [1.807, 2.05) is 35.2 Å². The Labute approximate surface area is 167 Å². The second kappa shape index (κ2) is 9.16. The Morgan fingerprint density at radius 1 is 1.07 bits per heavy atom. The smallest absolute Gasteiger partial charge is 0.310 e. The van der Waals surface area contributed by atoms with Gasteiger partial charge in [0.1, 0.15) is 0 Å². The van der Waals surface area contributed by atoms with Crippen LogP contribution in [0.15, 0.2) is 48.5 Å². The van der Waals surface area contributed by atoms with Gasteiger partial charge in [0.15, 0.2) is 5.75 Å². The molecular formula is C20H22N4O5. The van der Waals surface area contributed by atoms with E-state index in [0.717, 1.165) is 17.7 Å². The van der Waals surface area contributed by atoms with Gasteiger partial charge >= 0.3 is 5.69 Å². The fourth-order valence-corrected chi connectivity index (χ4v) is 3.16. The molecule has 9 heteroatoms. The average Bonchev–Trinajstić information content (AvgIpc) is 2.72. The Hall–Kier alpha value is -3.46. The van der Waals surface area contributed by atoms with Gasteiger partial charge in [-0.2, -0.15) is 0 Å². The van der Waals surface area contributed by atoms with Crippen LogP contribution in [0.5, 0.6) is 5.75 Å². The number of hydrogen-bond donors (Lipinski definition) is 2. The molecule has 1 heterocycles. The third-order valence-electron chi connectivity index (χ3n) is 4.78. The number of amides is 2. The van der Waals surface area contributed by atoms with E-state index in [0.29, 0.717) is 32.7 Å². The summed E-state index contributed by atoms with van der Waals surface area (Å²) < 4.78 is 0. The molecule has 1 aliphatic heterocycles. The van der Waals surface area contributed by atoms with Crippen molar-refractivity contribution in [1.82, 2.24) is 15.1 Å². The third kappa shape index (κ3) is 5.29. The first-order valence-electron chi connectivity index (χ1n) is 9.23. The second-order valence-electron chi connectivity index (χ2n) is 6.79. The van der Waals surface area contributed by atoms with E-state index in [1.165, 1.54) is 6.07 Å². The molecule has 0 spiro atoms. The molecule has 1 saturated heterocycles. The van der Waals surface area contributed by atoms with Crippen molar-refractivity contribution in [2.45, 2.75) is 6.54 Å². The molecule has 0 aromatic heterocycles. The van der Waals surface area contributed by atoms with E-state index in [-0.39, 0.29) is 23.9 Å². The molecule has 2 aromatic rings. The predicted molar refractivity (Wildman–Crippen MR) is 105 cm³/mol. The lowest BCUT2D eigenvalue weighted by Gasteiger charge is -2.34. The Kier molecular flexibility index (Phi) is 6.40. The van der Waals surface area contributed by atoms with Gasteiger partial charge in [-0.1, -0.05) is 30.3 Å². The molecule has 0 bridgehead atoms. The molecule has 0 unspecified atom stereocenters. The van der Waals surface area contributed by atoms with Gasteiger partial charge < -0.3 is 15.3 Å². The van der Waals surface area contributed by atoms with Crippen molar-refractivity contribution in [3.8, 4) is 5.75 Å². The lowest BCUT2D eigenvalue weighted by molar-refractivity contribution is -0.385. The minimum Gasteiger partial charge on any atom is -0.502 e. The topological polar surface area (TPSA) is 116 Å². The number of nitro benzene ring substituents is 1. The summed E-state index contributed by atoms with van der Waals surface area (Å²) in [6.07, 6.45) is 0. The molecule has 9 nitrogen and oxygen atoms in total. The lowest BCUT2D eigenvalue weighted by Crippen LogP contribution is -2.51. The zero-order valence-corrected chi connectivity index (χ0v) is 15.8. The van der Waals surface area contributed by atoms with E-state index < -0.39 is 16.4 Å². The normalized spacial score (nSPS) is 14.4. The van der Waals surface area contributed by atoms with Crippen LogP contribution in [0.25, 0.3) is 0 Å². The molecule has 1 fully saturated rings. The van der Waals surface area contributed by atoms with Crippen LogP contribution in [0.3, 0.4) is 0 Å². The van der Waals surface area contributed by atoms with Crippen LogP contribution in [-0.4, -0.2) is 64.4 Å². The van der Waals surface area contributed by atoms with E-state index in [1.54, 1.807) is 4.90 Å². The number of benzene rings is 2. The van der Waals surface area contributed by atoms with Gasteiger partial charge in [0.2, 0.25) is 5.91 Å². The largest absolute Gasteiger partial charge is 0.502 e. The van der Waals surface area contributed by atoms with Gasteiger partial charge in [-0.05, 0) is 17.7 Å². The van der Waals surface area contributed by atoms with Crippen LogP contribution in [0.4, 0.5) is 5.69 Å². The van der Waals surface area contributed by atoms with Crippen molar-refractivity contribution in [2.75, 3.05) is 32.7 Å². The van der Waals surface area contributed by atoms with Gasteiger partial charge in [0.25, 0.3) is 5.91 Å². The zero-order valence-electron chi connectivity index (χ0n) is 15.8. The molecule has 0 saturated carbocycles. The molecular weight excluding hydrogens is 376 g/mol. The van der Waals surface area contributed by atoms with Crippen LogP contribution in [-0.2, 0) is 11.3 Å². The maximum atomic E-state index is 12.6. The summed E-state index contributed by atoms with van der Waals surface area (Å²) in [5, 5.41) is 23.4. The molecule has 3 rings (SSSR count). The number of rotatable bonds is 6. The Balaban J connectivity index is 1.47. The van der Waals surface area contributed by atoms with Crippen LogP contribution >= 0.6 is 0 Å². The molecule has 2 amide bonds. The number of aromatic hydroxyl groups is 1. The molecule has 2 N–H and O–H groups in total. The summed E-state index contributed by atoms with van der Waals surface area (Å²) in [6.45, 7) is 2.69. The standard InChI is InChI=1S/C20H22N4O5/c25-18-12-16(6-7-17(18)24(28)29)20(27)23-10-8-22(9-11-23)14-19(26)21-13-15-4-2-1-3-5-15/h1-7,12,25H,8-11,13-14H2,(H,21,26). The van der Waals surface area contributed by atoms with Crippen LogP contribution in [0.1, 0.15) is 15.9 Å². The summed E-state index contributed by atoms with van der Waals surface area (Å²) in [4.78, 5) is 38.3. The number of carbonyl (C=O) groups is 2. The fourth-order valence-electron chi connectivity index (χ4n) is 3.16. The van der Waals surface area contributed by atoms with Gasteiger partial charge in [-0.25, -0.2) is 0 Å². The van der Waals surface area contributed by atoms with E-state index in [4.69, 9.17) is 0 Å². The molecule has 152 valence electrons. The van der Waals surface area contributed by atoms with Crippen molar-refractivity contribution in [1.29, 1.82) is 0 Å². The van der Waals surface area contributed by atoms with Crippen LogP contribution < -0.4 is 5.32 Å². The molecule has 0 aliphatic carbocycles. The summed E-state index contributed by atoms with van der Waals surface area (Å²) in [6, 6.07) is 13.2. The Morgan fingerprint density at radius 3 is 2.38 bits per heavy atom. The SMILES string of the molecule is O=C(CN1CCN(C(=O)c2ccc([N+](=O)[O-])c(O)c2)CC1)NCc1ccccc1. The number of nitrogens with one attached hydrogen (secondary N) is 1. The Bertz CT molecular complexity index is 895. The lowest BCUT2D eigenvalue weighted by atomic mass is 10.1. The van der Waals surface area contributed by atoms with Crippen LogP contribution in [0.2, 0.25) is 0 Å². The number of phenols is 1. The average molecular weight is 398 g/mol. The van der Waals surface area contributed by atoms with Crippen molar-refractivity contribution >= 4 is 17.5 Å². The quantitative estimate of drug-likeness (QED) is 0.561. The number of nitro groups is 1. The maximum absolute atomic E-state index is 12.6. The predicted octanol–water partition coefficient (Wildman–Crippen LogP) is 1.37. The summed E-state index contributed by atoms with van der Waals surface area (Å²) in [5.41, 5.74) is 0.789. The summed E-state index contributed by atoms with van der Waals surface area (Å²) in [7, 11) is 0. The van der Waals surface area contributed by atoms with Gasteiger partial charge in [-0.3, -0.25) is 24.6 Å². The van der Waals surface area contributed by atoms with Gasteiger partial charge in [0.05, 0.1) is 11.5 Å². The van der Waals surface area contributed by atoms with Crippen molar-refractivity contribution in [3.63, 3.8) is 0 Å². The first-order valence-corrected chi connectivity index (χ1v) is 9.23. The van der Waals surface area contributed by atoms with E-state index in [2.05, 4.69) is 5.32 Å². The molecule has 1 aliphatic rings. The van der Waals surface area contributed by atoms with Crippen molar-refractivity contribution in [2.24, 2.45) is 0 Å². The Morgan fingerprint density at radius 2 is 1.76 bits per heavy atom. The maximum Gasteiger partial charge on any atom is 0.310 e. The number of nitrogens with zero attached hydrogens (tertiary/aromatic N) is 3. The number of piperazine rings is 1. The minimum atomic E-state index is -0.703. The third-order valence-corrected chi connectivity index (χ3v) is 4.78. The fraction of sp³-hybridized carbons (Fsp3) is 0.300. The summed E-state index contributed by atoms with van der Waals surface area (Å²) >= 11 is 0. The number of carbonyl (C=O) groups excluding carboxylic acids is 2.